The minimum Gasteiger partial charge on any atom is -0.422 e. The third kappa shape index (κ3) is 3.60. The summed E-state index contributed by atoms with van der Waals surface area (Å²) >= 11 is 9.16. The van der Waals surface area contributed by atoms with Crippen LogP contribution in [0.3, 0.4) is 0 Å². The van der Waals surface area contributed by atoms with Crippen LogP contribution in [0.5, 0.6) is 0 Å². The highest BCUT2D eigenvalue weighted by atomic mass is 79.9. The van der Waals surface area contributed by atoms with E-state index in [-0.39, 0.29) is 5.56 Å². The lowest BCUT2D eigenvalue weighted by Crippen LogP contribution is -2.11. The Morgan fingerprint density at radius 1 is 1.09 bits per heavy atom. The number of halogens is 2. The summed E-state index contributed by atoms with van der Waals surface area (Å²) in [5, 5.41) is 1.30. The second kappa shape index (κ2) is 6.52. The zero-order valence-corrected chi connectivity index (χ0v) is 14.1. The molecule has 5 heteroatoms. The van der Waals surface area contributed by atoms with Crippen LogP contribution in [0.25, 0.3) is 17.0 Å². The van der Waals surface area contributed by atoms with E-state index in [9.17, 15) is 9.59 Å². The summed E-state index contributed by atoms with van der Waals surface area (Å²) in [6, 6.07) is 13.8. The lowest BCUT2D eigenvalue weighted by Gasteiger charge is -2.00. The average molecular weight is 390 g/mol. The van der Waals surface area contributed by atoms with Gasteiger partial charge in [-0.15, -0.1) is 0 Å². The fourth-order valence-corrected chi connectivity index (χ4v) is 2.61. The predicted octanol–water partition coefficient (Wildman–Crippen LogP) is 5.11. The van der Waals surface area contributed by atoms with Crippen molar-refractivity contribution in [1.82, 2.24) is 0 Å². The van der Waals surface area contributed by atoms with Crippen LogP contribution in [0, 0.1) is 0 Å². The van der Waals surface area contributed by atoms with Crippen LogP contribution in [0.2, 0.25) is 5.02 Å². The molecule has 3 nitrogen and oxygen atoms in total. The SMILES string of the molecule is O=C(/C=C/c1ccc(Cl)cc1)c1cc2cc(Br)ccc2oc1=O. The Morgan fingerprint density at radius 3 is 2.57 bits per heavy atom. The molecule has 0 radical (unpaired) electrons. The summed E-state index contributed by atoms with van der Waals surface area (Å²) < 4.78 is 6.03. The second-order valence-electron chi connectivity index (χ2n) is 4.88. The van der Waals surface area contributed by atoms with Crippen molar-refractivity contribution in [2.75, 3.05) is 0 Å². The molecule has 3 aromatic rings. The highest BCUT2D eigenvalue weighted by molar-refractivity contribution is 9.10. The third-order valence-electron chi connectivity index (χ3n) is 3.26. The van der Waals surface area contributed by atoms with Gasteiger partial charge in [0.15, 0.2) is 5.78 Å². The van der Waals surface area contributed by atoms with Crippen molar-refractivity contribution in [1.29, 1.82) is 0 Å². The topological polar surface area (TPSA) is 47.3 Å². The number of carbonyl (C=O) groups is 1. The van der Waals surface area contributed by atoms with Gasteiger partial charge in [0.05, 0.1) is 0 Å². The van der Waals surface area contributed by atoms with Crippen LogP contribution in [-0.4, -0.2) is 5.78 Å². The van der Waals surface area contributed by atoms with Gasteiger partial charge in [-0.25, -0.2) is 4.79 Å². The van der Waals surface area contributed by atoms with E-state index >= 15 is 0 Å². The quantitative estimate of drug-likeness (QED) is 0.355. The van der Waals surface area contributed by atoms with E-state index in [0.717, 1.165) is 10.0 Å². The van der Waals surface area contributed by atoms with Gasteiger partial charge in [0.1, 0.15) is 11.1 Å². The van der Waals surface area contributed by atoms with Crippen molar-refractivity contribution in [3.8, 4) is 0 Å². The first kappa shape index (κ1) is 15.7. The first-order chi connectivity index (χ1) is 11.0. The molecular weight excluding hydrogens is 380 g/mol. The van der Waals surface area contributed by atoms with E-state index in [1.807, 2.05) is 0 Å². The van der Waals surface area contributed by atoms with Crippen molar-refractivity contribution in [2.24, 2.45) is 0 Å². The Kier molecular flexibility index (Phi) is 4.46. The highest BCUT2D eigenvalue weighted by Crippen LogP contribution is 2.19. The second-order valence-corrected chi connectivity index (χ2v) is 6.23. The Hall–Kier alpha value is -2.17. The molecule has 0 spiro atoms. The normalized spacial score (nSPS) is 11.2. The van der Waals surface area contributed by atoms with E-state index in [0.29, 0.717) is 16.0 Å². The predicted molar refractivity (Wildman–Crippen MR) is 95.0 cm³/mol. The van der Waals surface area contributed by atoms with E-state index in [4.69, 9.17) is 16.0 Å². The van der Waals surface area contributed by atoms with Gasteiger partial charge in [-0.2, -0.15) is 0 Å². The Balaban J connectivity index is 1.95. The molecule has 1 aromatic heterocycles. The summed E-state index contributed by atoms with van der Waals surface area (Å²) in [4.78, 5) is 24.2. The molecule has 0 aliphatic carbocycles. The summed E-state index contributed by atoms with van der Waals surface area (Å²) in [5.41, 5.74) is 0.610. The molecule has 0 atom stereocenters. The van der Waals surface area contributed by atoms with Crippen LogP contribution in [0.4, 0.5) is 0 Å². The van der Waals surface area contributed by atoms with Crippen molar-refractivity contribution in [3.63, 3.8) is 0 Å². The van der Waals surface area contributed by atoms with E-state index in [1.54, 1.807) is 54.6 Å². The fourth-order valence-electron chi connectivity index (χ4n) is 2.10. The highest BCUT2D eigenvalue weighted by Gasteiger charge is 2.11. The molecule has 0 saturated heterocycles. The number of ketones is 1. The summed E-state index contributed by atoms with van der Waals surface area (Å²) in [5.74, 6) is -0.407. The van der Waals surface area contributed by atoms with Gasteiger partial charge in [-0.1, -0.05) is 45.7 Å². The maximum absolute atomic E-state index is 12.2. The molecule has 0 N–H and O–H groups in total. The van der Waals surface area contributed by atoms with Crippen molar-refractivity contribution in [2.45, 2.75) is 0 Å². The zero-order valence-electron chi connectivity index (χ0n) is 11.8. The number of hydrogen-bond acceptors (Lipinski definition) is 3. The van der Waals surface area contributed by atoms with Gasteiger partial charge < -0.3 is 4.42 Å². The third-order valence-corrected chi connectivity index (χ3v) is 4.00. The van der Waals surface area contributed by atoms with Gasteiger partial charge >= 0.3 is 5.63 Å². The first-order valence-corrected chi connectivity index (χ1v) is 7.91. The lowest BCUT2D eigenvalue weighted by atomic mass is 10.1. The van der Waals surface area contributed by atoms with Gasteiger partial charge in [0, 0.05) is 14.9 Å². The van der Waals surface area contributed by atoms with Crippen LogP contribution in [0.1, 0.15) is 15.9 Å². The molecule has 0 unspecified atom stereocenters. The van der Waals surface area contributed by atoms with Gasteiger partial charge in [-0.3, -0.25) is 4.79 Å². The molecule has 3 rings (SSSR count). The maximum atomic E-state index is 12.2. The van der Waals surface area contributed by atoms with Crippen LogP contribution in [0.15, 0.2) is 68.3 Å². The minimum atomic E-state index is -0.648. The van der Waals surface area contributed by atoms with Gasteiger partial charge in [0.25, 0.3) is 0 Å². The first-order valence-electron chi connectivity index (χ1n) is 6.74. The molecule has 0 amide bonds. The number of fused-ring (bicyclic) bond motifs is 1. The Labute approximate surface area is 145 Å². The molecule has 0 fully saturated rings. The standard InChI is InChI=1S/C18H10BrClO3/c19-13-4-8-17-12(9-13)10-15(18(22)23-17)16(21)7-3-11-1-5-14(20)6-2-11/h1-10H/b7-3+. The molecule has 0 bridgehead atoms. The summed E-state index contributed by atoms with van der Waals surface area (Å²) in [6.07, 6.45) is 2.97. The molecular formula is C18H10BrClO3. The number of carbonyl (C=O) groups excluding carboxylic acids is 1. The largest absolute Gasteiger partial charge is 0.422 e. The number of allylic oxidation sites excluding steroid dienone is 1. The summed E-state index contributed by atoms with van der Waals surface area (Å²) in [7, 11) is 0. The maximum Gasteiger partial charge on any atom is 0.347 e. The van der Waals surface area contributed by atoms with E-state index < -0.39 is 11.4 Å². The molecule has 0 aliphatic heterocycles. The van der Waals surface area contributed by atoms with Gasteiger partial charge in [0.2, 0.25) is 0 Å². The Bertz CT molecular complexity index is 972. The van der Waals surface area contributed by atoms with Crippen LogP contribution >= 0.6 is 27.5 Å². The fraction of sp³-hybridized carbons (Fsp3) is 0. The Morgan fingerprint density at radius 2 is 1.83 bits per heavy atom. The molecule has 2 aromatic carbocycles. The molecule has 0 aliphatic rings. The molecule has 0 saturated carbocycles. The number of rotatable bonds is 3. The molecule has 23 heavy (non-hydrogen) atoms. The van der Waals surface area contributed by atoms with Crippen molar-refractivity contribution >= 4 is 50.4 Å². The van der Waals surface area contributed by atoms with Crippen LogP contribution in [-0.2, 0) is 0 Å². The monoisotopic (exact) mass is 388 g/mol. The number of hydrogen-bond donors (Lipinski definition) is 0. The lowest BCUT2D eigenvalue weighted by molar-refractivity contribution is 0.104. The number of benzene rings is 2. The smallest absolute Gasteiger partial charge is 0.347 e. The summed E-state index contributed by atoms with van der Waals surface area (Å²) in [6.45, 7) is 0. The zero-order chi connectivity index (χ0) is 16.4. The molecule has 1 heterocycles. The van der Waals surface area contributed by atoms with Gasteiger partial charge in [-0.05, 0) is 48.0 Å². The van der Waals surface area contributed by atoms with E-state index in [1.165, 1.54) is 6.08 Å². The van der Waals surface area contributed by atoms with Crippen LogP contribution < -0.4 is 5.63 Å². The minimum absolute atomic E-state index is 0.000753. The van der Waals surface area contributed by atoms with E-state index in [2.05, 4.69) is 15.9 Å². The van der Waals surface area contributed by atoms with Crippen molar-refractivity contribution < 1.29 is 9.21 Å². The average Bonchev–Trinajstić information content (AvgIpc) is 2.54. The van der Waals surface area contributed by atoms with Crippen molar-refractivity contribution in [3.05, 3.63) is 85.6 Å². The molecule has 114 valence electrons.